The Morgan fingerprint density at radius 3 is 2.54 bits per heavy atom. The van der Waals surface area contributed by atoms with Crippen molar-refractivity contribution in [3.63, 3.8) is 0 Å². The van der Waals surface area contributed by atoms with Crippen LogP contribution < -0.4 is 10.2 Å². The molecule has 0 aliphatic heterocycles. The second kappa shape index (κ2) is 7.95. The summed E-state index contributed by atoms with van der Waals surface area (Å²) in [6, 6.07) is 9.82. The molecule has 1 aromatic heterocycles. The SMILES string of the molecule is CN(C)c1ccc(NC(=O)C2CC2)cc1CN(CC1CC1)C(=O)c1cccs1. The van der Waals surface area contributed by atoms with Gasteiger partial charge in [0, 0.05) is 44.5 Å². The van der Waals surface area contributed by atoms with Gasteiger partial charge in [-0.2, -0.15) is 0 Å². The number of amides is 2. The summed E-state index contributed by atoms with van der Waals surface area (Å²) in [5.41, 5.74) is 2.95. The summed E-state index contributed by atoms with van der Waals surface area (Å²) < 4.78 is 0. The number of hydrogen-bond acceptors (Lipinski definition) is 4. The van der Waals surface area contributed by atoms with Crippen molar-refractivity contribution in [1.82, 2.24) is 4.90 Å². The maximum Gasteiger partial charge on any atom is 0.264 e. The Labute approximate surface area is 170 Å². The van der Waals surface area contributed by atoms with E-state index in [0.717, 1.165) is 41.2 Å². The van der Waals surface area contributed by atoms with Crippen LogP contribution in [-0.2, 0) is 11.3 Å². The molecule has 2 aliphatic rings. The first kappa shape index (κ1) is 19.0. The Bertz CT molecular complexity index is 855. The van der Waals surface area contributed by atoms with Gasteiger partial charge in [-0.1, -0.05) is 6.07 Å². The maximum atomic E-state index is 13.1. The number of hydrogen-bond donors (Lipinski definition) is 1. The van der Waals surface area contributed by atoms with Crippen LogP contribution in [0.15, 0.2) is 35.7 Å². The number of benzene rings is 1. The van der Waals surface area contributed by atoms with E-state index >= 15 is 0 Å². The smallest absolute Gasteiger partial charge is 0.264 e. The van der Waals surface area contributed by atoms with E-state index in [0.29, 0.717) is 12.5 Å². The van der Waals surface area contributed by atoms with Gasteiger partial charge in [-0.3, -0.25) is 9.59 Å². The highest BCUT2D eigenvalue weighted by Gasteiger charge is 2.30. The number of nitrogens with zero attached hydrogens (tertiary/aromatic N) is 2. The zero-order valence-corrected chi connectivity index (χ0v) is 17.3. The van der Waals surface area contributed by atoms with Crippen molar-refractivity contribution in [3.8, 4) is 0 Å². The standard InChI is InChI=1S/C22H27N3O2S/c1-24(2)19-10-9-18(23-21(26)16-7-8-16)12-17(19)14-25(13-15-5-6-15)22(27)20-4-3-11-28-20/h3-4,9-12,15-16H,5-8,13-14H2,1-2H3,(H,23,26). The largest absolute Gasteiger partial charge is 0.377 e. The van der Waals surface area contributed by atoms with Crippen LogP contribution in [0.2, 0.25) is 0 Å². The van der Waals surface area contributed by atoms with Crippen LogP contribution in [0.1, 0.15) is 40.9 Å². The molecule has 0 saturated heterocycles. The van der Waals surface area contributed by atoms with Crippen molar-refractivity contribution in [1.29, 1.82) is 0 Å². The van der Waals surface area contributed by atoms with E-state index < -0.39 is 0 Å². The Morgan fingerprint density at radius 2 is 1.93 bits per heavy atom. The average molecular weight is 398 g/mol. The van der Waals surface area contributed by atoms with Gasteiger partial charge in [0.25, 0.3) is 5.91 Å². The maximum absolute atomic E-state index is 13.1. The summed E-state index contributed by atoms with van der Waals surface area (Å²) in [7, 11) is 4.02. The molecular weight excluding hydrogens is 370 g/mol. The molecule has 1 aromatic carbocycles. The van der Waals surface area contributed by atoms with Crippen molar-refractivity contribution >= 4 is 34.5 Å². The molecule has 0 atom stereocenters. The molecule has 2 fully saturated rings. The second-order valence-corrected chi connectivity index (χ2v) is 9.06. The Kier molecular flexibility index (Phi) is 5.40. The molecule has 4 rings (SSSR count). The topological polar surface area (TPSA) is 52.7 Å². The predicted octanol–water partition coefficient (Wildman–Crippen LogP) is 4.22. The lowest BCUT2D eigenvalue weighted by Gasteiger charge is -2.26. The molecule has 6 heteroatoms. The van der Waals surface area contributed by atoms with Crippen molar-refractivity contribution in [3.05, 3.63) is 46.2 Å². The molecular formula is C22H27N3O2S. The predicted molar refractivity (Wildman–Crippen MR) is 114 cm³/mol. The molecule has 2 aliphatic carbocycles. The minimum atomic E-state index is 0.0963. The van der Waals surface area contributed by atoms with Crippen LogP contribution in [0.5, 0.6) is 0 Å². The van der Waals surface area contributed by atoms with Crippen molar-refractivity contribution in [2.24, 2.45) is 11.8 Å². The van der Waals surface area contributed by atoms with Gasteiger partial charge in [-0.15, -0.1) is 11.3 Å². The number of carbonyl (C=O) groups excluding carboxylic acids is 2. The Hall–Kier alpha value is -2.34. The van der Waals surface area contributed by atoms with Gasteiger partial charge in [0.2, 0.25) is 5.91 Å². The molecule has 2 amide bonds. The fraction of sp³-hybridized carbons (Fsp3) is 0.455. The fourth-order valence-corrected chi connectivity index (χ4v) is 4.10. The lowest BCUT2D eigenvalue weighted by Crippen LogP contribution is -2.32. The highest BCUT2D eigenvalue weighted by Crippen LogP contribution is 2.33. The van der Waals surface area contributed by atoms with Crippen LogP contribution in [0, 0.1) is 11.8 Å². The monoisotopic (exact) mass is 397 g/mol. The third-order valence-electron chi connectivity index (χ3n) is 5.33. The van der Waals surface area contributed by atoms with Gasteiger partial charge in [0.15, 0.2) is 0 Å². The van der Waals surface area contributed by atoms with Gasteiger partial charge in [0.05, 0.1) is 4.88 Å². The van der Waals surface area contributed by atoms with E-state index in [1.807, 2.05) is 54.7 Å². The summed E-state index contributed by atoms with van der Waals surface area (Å²) in [5, 5.41) is 4.98. The molecule has 0 unspecified atom stereocenters. The van der Waals surface area contributed by atoms with Gasteiger partial charge < -0.3 is 15.1 Å². The first-order valence-electron chi connectivity index (χ1n) is 9.95. The number of carbonyl (C=O) groups is 2. The van der Waals surface area contributed by atoms with Crippen molar-refractivity contribution in [2.45, 2.75) is 32.2 Å². The first-order chi connectivity index (χ1) is 13.5. The van der Waals surface area contributed by atoms with Crippen LogP contribution in [0.3, 0.4) is 0 Å². The van der Waals surface area contributed by atoms with E-state index in [1.165, 1.54) is 24.2 Å². The third-order valence-corrected chi connectivity index (χ3v) is 6.19. The third kappa shape index (κ3) is 4.55. The molecule has 148 valence electrons. The average Bonchev–Trinajstić information content (AvgIpc) is 3.60. The molecule has 28 heavy (non-hydrogen) atoms. The van der Waals surface area contributed by atoms with Gasteiger partial charge in [0.1, 0.15) is 0 Å². The molecule has 0 radical (unpaired) electrons. The Balaban J connectivity index is 1.58. The summed E-state index contributed by atoms with van der Waals surface area (Å²) in [4.78, 5) is 30.0. The van der Waals surface area contributed by atoms with E-state index in [2.05, 4.69) is 10.2 Å². The van der Waals surface area contributed by atoms with Crippen LogP contribution in [0.25, 0.3) is 0 Å². The lowest BCUT2D eigenvalue weighted by atomic mass is 10.1. The Morgan fingerprint density at radius 1 is 1.14 bits per heavy atom. The van der Waals surface area contributed by atoms with Crippen LogP contribution >= 0.6 is 11.3 Å². The quantitative estimate of drug-likeness (QED) is 0.726. The van der Waals surface area contributed by atoms with Crippen molar-refractivity contribution in [2.75, 3.05) is 30.9 Å². The molecule has 1 N–H and O–H groups in total. The molecule has 2 aromatic rings. The number of anilines is 2. The zero-order chi connectivity index (χ0) is 19.7. The molecule has 0 bridgehead atoms. The normalized spacial score (nSPS) is 15.9. The van der Waals surface area contributed by atoms with E-state index in [4.69, 9.17) is 0 Å². The van der Waals surface area contributed by atoms with Crippen LogP contribution in [0.4, 0.5) is 11.4 Å². The summed E-state index contributed by atoms with van der Waals surface area (Å²) >= 11 is 1.49. The van der Waals surface area contributed by atoms with Gasteiger partial charge >= 0.3 is 0 Å². The number of thiophene rings is 1. The van der Waals surface area contributed by atoms with Gasteiger partial charge in [-0.25, -0.2) is 0 Å². The molecule has 0 spiro atoms. The molecule has 2 saturated carbocycles. The summed E-state index contributed by atoms with van der Waals surface area (Å²) in [6.45, 7) is 1.34. The van der Waals surface area contributed by atoms with E-state index in [-0.39, 0.29) is 17.7 Å². The lowest BCUT2D eigenvalue weighted by molar-refractivity contribution is -0.117. The van der Waals surface area contributed by atoms with E-state index in [1.54, 1.807) is 0 Å². The second-order valence-electron chi connectivity index (χ2n) is 8.11. The van der Waals surface area contributed by atoms with Gasteiger partial charge in [-0.05, 0) is 66.8 Å². The number of rotatable bonds is 8. The number of nitrogens with one attached hydrogen (secondary N) is 1. The first-order valence-corrected chi connectivity index (χ1v) is 10.8. The highest BCUT2D eigenvalue weighted by atomic mass is 32.1. The van der Waals surface area contributed by atoms with Crippen LogP contribution in [-0.4, -0.2) is 37.4 Å². The van der Waals surface area contributed by atoms with E-state index in [9.17, 15) is 9.59 Å². The minimum absolute atomic E-state index is 0.0963. The zero-order valence-electron chi connectivity index (χ0n) is 16.5. The summed E-state index contributed by atoms with van der Waals surface area (Å²) in [5.74, 6) is 0.986. The minimum Gasteiger partial charge on any atom is -0.377 e. The summed E-state index contributed by atoms with van der Waals surface area (Å²) in [6.07, 6.45) is 4.37. The van der Waals surface area contributed by atoms with Crippen molar-refractivity contribution < 1.29 is 9.59 Å². The molecule has 5 nitrogen and oxygen atoms in total. The highest BCUT2D eigenvalue weighted by molar-refractivity contribution is 7.12. The fourth-order valence-electron chi connectivity index (χ4n) is 3.41. The molecule has 1 heterocycles.